The lowest BCUT2D eigenvalue weighted by molar-refractivity contribution is -0.139. The van der Waals surface area contributed by atoms with Crippen LogP contribution in [0.2, 0.25) is 0 Å². The second-order valence-electron chi connectivity index (χ2n) is 6.80. The van der Waals surface area contributed by atoms with Crippen LogP contribution in [0.4, 0.5) is 0 Å². The molecule has 1 aliphatic heterocycles. The molecule has 2 aliphatic rings. The molecule has 2 heterocycles. The SMILES string of the molecule is Cn1cnc2cc(C(=O)N3CCN(C(=O)C4CCC4)CC3)ccc21. The van der Waals surface area contributed by atoms with Gasteiger partial charge >= 0.3 is 0 Å². The summed E-state index contributed by atoms with van der Waals surface area (Å²) >= 11 is 0. The van der Waals surface area contributed by atoms with Gasteiger partial charge in [0.2, 0.25) is 5.91 Å². The van der Waals surface area contributed by atoms with E-state index in [4.69, 9.17) is 0 Å². The van der Waals surface area contributed by atoms with E-state index < -0.39 is 0 Å². The van der Waals surface area contributed by atoms with Gasteiger partial charge in [0.15, 0.2) is 0 Å². The third kappa shape index (κ3) is 2.56. The number of benzene rings is 1. The maximum atomic E-state index is 12.7. The second-order valence-corrected chi connectivity index (χ2v) is 6.80. The van der Waals surface area contributed by atoms with Gasteiger partial charge in [0.1, 0.15) is 0 Å². The van der Waals surface area contributed by atoms with Gasteiger partial charge in [-0.15, -0.1) is 0 Å². The number of fused-ring (bicyclic) bond motifs is 1. The zero-order valence-corrected chi connectivity index (χ0v) is 13.9. The van der Waals surface area contributed by atoms with E-state index in [2.05, 4.69) is 4.98 Å². The van der Waals surface area contributed by atoms with Crippen LogP contribution in [0.5, 0.6) is 0 Å². The predicted octanol–water partition coefficient (Wildman–Crippen LogP) is 1.66. The summed E-state index contributed by atoms with van der Waals surface area (Å²) in [4.78, 5) is 33.1. The Kier molecular flexibility index (Phi) is 3.75. The Morgan fingerprint density at radius 3 is 2.46 bits per heavy atom. The summed E-state index contributed by atoms with van der Waals surface area (Å²) in [5, 5.41) is 0. The lowest BCUT2D eigenvalue weighted by Crippen LogP contribution is -2.52. The highest BCUT2D eigenvalue weighted by Gasteiger charge is 2.32. The molecule has 1 aromatic carbocycles. The number of carbonyl (C=O) groups is 2. The number of hydrogen-bond donors (Lipinski definition) is 0. The number of imidazole rings is 1. The van der Waals surface area contributed by atoms with Gasteiger partial charge in [0.05, 0.1) is 17.4 Å². The summed E-state index contributed by atoms with van der Waals surface area (Å²) in [5.41, 5.74) is 2.52. The Bertz CT molecular complexity index is 785. The summed E-state index contributed by atoms with van der Waals surface area (Å²) in [6.45, 7) is 2.51. The van der Waals surface area contributed by atoms with Crippen molar-refractivity contribution in [1.29, 1.82) is 0 Å². The van der Waals surface area contributed by atoms with Crippen molar-refractivity contribution in [3.8, 4) is 0 Å². The Balaban J connectivity index is 1.42. The monoisotopic (exact) mass is 326 g/mol. The summed E-state index contributed by atoms with van der Waals surface area (Å²) in [7, 11) is 1.94. The van der Waals surface area contributed by atoms with Crippen LogP contribution >= 0.6 is 0 Å². The molecule has 0 atom stereocenters. The molecule has 0 spiro atoms. The van der Waals surface area contributed by atoms with Crippen molar-refractivity contribution in [2.75, 3.05) is 26.2 Å². The van der Waals surface area contributed by atoms with E-state index >= 15 is 0 Å². The number of piperazine rings is 1. The highest BCUT2D eigenvalue weighted by molar-refractivity contribution is 5.97. The minimum absolute atomic E-state index is 0.0262. The van der Waals surface area contributed by atoms with Crippen molar-refractivity contribution in [2.45, 2.75) is 19.3 Å². The first-order chi connectivity index (χ1) is 11.6. The van der Waals surface area contributed by atoms with Crippen LogP contribution in [-0.2, 0) is 11.8 Å². The number of amides is 2. The molecule has 0 N–H and O–H groups in total. The van der Waals surface area contributed by atoms with Gasteiger partial charge in [0.25, 0.3) is 5.91 Å². The topological polar surface area (TPSA) is 58.4 Å². The molecule has 0 radical (unpaired) electrons. The number of aryl methyl sites for hydroxylation is 1. The van der Waals surface area contributed by atoms with Crippen molar-refractivity contribution in [3.63, 3.8) is 0 Å². The Morgan fingerprint density at radius 2 is 1.79 bits per heavy atom. The molecule has 1 saturated carbocycles. The molecular weight excluding hydrogens is 304 g/mol. The van der Waals surface area contributed by atoms with Gasteiger partial charge in [-0.2, -0.15) is 0 Å². The molecule has 2 aromatic rings. The number of hydrogen-bond acceptors (Lipinski definition) is 3. The standard InChI is InChI=1S/C18H22N4O2/c1-20-12-19-15-11-14(5-6-16(15)20)18(24)22-9-7-21(8-10-22)17(23)13-3-2-4-13/h5-6,11-13H,2-4,7-10H2,1H3. The molecule has 24 heavy (non-hydrogen) atoms. The minimum atomic E-state index is 0.0262. The maximum absolute atomic E-state index is 12.7. The van der Waals surface area contributed by atoms with E-state index in [1.54, 1.807) is 6.33 Å². The van der Waals surface area contributed by atoms with Crippen LogP contribution in [0.25, 0.3) is 11.0 Å². The van der Waals surface area contributed by atoms with E-state index in [0.29, 0.717) is 31.7 Å². The highest BCUT2D eigenvalue weighted by Crippen LogP contribution is 2.28. The van der Waals surface area contributed by atoms with E-state index in [-0.39, 0.29) is 17.7 Å². The van der Waals surface area contributed by atoms with E-state index in [9.17, 15) is 9.59 Å². The average Bonchev–Trinajstić information content (AvgIpc) is 2.93. The fourth-order valence-corrected chi connectivity index (χ4v) is 3.50. The molecular formula is C18H22N4O2. The number of nitrogens with zero attached hydrogens (tertiary/aromatic N) is 4. The van der Waals surface area contributed by atoms with Gasteiger partial charge in [0, 0.05) is 44.7 Å². The summed E-state index contributed by atoms with van der Waals surface area (Å²) in [5.74, 6) is 0.542. The quantitative estimate of drug-likeness (QED) is 0.843. The largest absolute Gasteiger partial charge is 0.339 e. The molecule has 1 aromatic heterocycles. The fourth-order valence-electron chi connectivity index (χ4n) is 3.50. The van der Waals surface area contributed by atoms with Crippen molar-refractivity contribution < 1.29 is 9.59 Å². The van der Waals surface area contributed by atoms with Crippen molar-refractivity contribution in [2.24, 2.45) is 13.0 Å². The van der Waals surface area contributed by atoms with Gasteiger partial charge in [-0.3, -0.25) is 9.59 Å². The summed E-state index contributed by atoms with van der Waals surface area (Å²) in [6.07, 6.45) is 4.98. The van der Waals surface area contributed by atoms with Gasteiger partial charge in [-0.25, -0.2) is 4.98 Å². The first-order valence-electron chi connectivity index (χ1n) is 8.62. The minimum Gasteiger partial charge on any atom is -0.339 e. The van der Waals surface area contributed by atoms with Crippen molar-refractivity contribution in [3.05, 3.63) is 30.1 Å². The molecule has 4 rings (SSSR count). The molecule has 0 unspecified atom stereocenters. The van der Waals surface area contributed by atoms with Crippen LogP contribution in [0, 0.1) is 5.92 Å². The first kappa shape index (κ1) is 15.2. The molecule has 6 heteroatoms. The lowest BCUT2D eigenvalue weighted by Gasteiger charge is -2.38. The molecule has 126 valence electrons. The molecule has 2 fully saturated rings. The Labute approximate surface area is 141 Å². The Morgan fingerprint density at radius 1 is 1.08 bits per heavy atom. The average molecular weight is 326 g/mol. The van der Waals surface area contributed by atoms with E-state index in [0.717, 1.165) is 23.9 Å². The predicted molar refractivity (Wildman–Crippen MR) is 90.5 cm³/mol. The van der Waals surface area contributed by atoms with Crippen LogP contribution in [0.15, 0.2) is 24.5 Å². The van der Waals surface area contributed by atoms with Crippen LogP contribution in [0.3, 0.4) is 0 Å². The zero-order chi connectivity index (χ0) is 16.7. The van der Waals surface area contributed by atoms with Crippen LogP contribution in [0.1, 0.15) is 29.6 Å². The number of rotatable bonds is 2. The third-order valence-corrected chi connectivity index (χ3v) is 5.31. The lowest BCUT2D eigenvalue weighted by atomic mass is 9.84. The molecule has 2 amide bonds. The fraction of sp³-hybridized carbons (Fsp3) is 0.500. The van der Waals surface area contributed by atoms with Crippen LogP contribution in [-0.4, -0.2) is 57.3 Å². The first-order valence-corrected chi connectivity index (χ1v) is 8.62. The zero-order valence-electron chi connectivity index (χ0n) is 13.9. The smallest absolute Gasteiger partial charge is 0.254 e. The van der Waals surface area contributed by atoms with Gasteiger partial charge in [-0.05, 0) is 31.0 Å². The summed E-state index contributed by atoms with van der Waals surface area (Å²) in [6, 6.07) is 5.65. The van der Waals surface area contributed by atoms with Crippen molar-refractivity contribution >= 4 is 22.8 Å². The van der Waals surface area contributed by atoms with Crippen molar-refractivity contribution in [1.82, 2.24) is 19.4 Å². The van der Waals surface area contributed by atoms with Crippen LogP contribution < -0.4 is 0 Å². The van der Waals surface area contributed by atoms with Gasteiger partial charge < -0.3 is 14.4 Å². The van der Waals surface area contributed by atoms with Gasteiger partial charge in [-0.1, -0.05) is 6.42 Å². The Hall–Kier alpha value is -2.37. The molecule has 6 nitrogen and oxygen atoms in total. The molecule has 1 aliphatic carbocycles. The van der Waals surface area contributed by atoms with E-state index in [1.165, 1.54) is 6.42 Å². The normalized spacial score (nSPS) is 18.7. The molecule has 0 bridgehead atoms. The number of carbonyl (C=O) groups excluding carboxylic acids is 2. The highest BCUT2D eigenvalue weighted by atomic mass is 16.2. The summed E-state index contributed by atoms with van der Waals surface area (Å²) < 4.78 is 1.94. The second kappa shape index (κ2) is 5.92. The third-order valence-electron chi connectivity index (χ3n) is 5.31. The maximum Gasteiger partial charge on any atom is 0.254 e. The molecule has 1 saturated heterocycles. The van der Waals surface area contributed by atoms with E-state index in [1.807, 2.05) is 39.6 Å². The number of aromatic nitrogens is 2.